The summed E-state index contributed by atoms with van der Waals surface area (Å²) in [5.41, 5.74) is 1.24. The normalized spacial score (nSPS) is 12.8. The Bertz CT molecular complexity index is 140. The van der Waals surface area contributed by atoms with Crippen LogP contribution in [0.2, 0.25) is 0 Å². The van der Waals surface area contributed by atoms with Crippen LogP contribution >= 0.6 is 0 Å². The highest BCUT2D eigenvalue weighted by Crippen LogP contribution is 2.04. The molecule has 0 aromatic rings. The lowest BCUT2D eigenvalue weighted by atomic mass is 10.1. The van der Waals surface area contributed by atoms with E-state index in [1.54, 1.807) is 0 Å². The highest BCUT2D eigenvalue weighted by atomic mass is 13.9. The van der Waals surface area contributed by atoms with Crippen molar-refractivity contribution in [3.63, 3.8) is 0 Å². The molecule has 0 amide bonds. The van der Waals surface area contributed by atoms with E-state index in [4.69, 9.17) is 0 Å². The first-order valence-electron chi connectivity index (χ1n) is 4.99. The number of hydrogen-bond acceptors (Lipinski definition) is 0. The van der Waals surface area contributed by atoms with Crippen molar-refractivity contribution < 1.29 is 0 Å². The summed E-state index contributed by atoms with van der Waals surface area (Å²) in [6.45, 7) is 6.29. The summed E-state index contributed by atoms with van der Waals surface area (Å²) >= 11 is 0. The average Bonchev–Trinajstić information content (AvgIpc) is 2.10. The molecule has 0 heterocycles. The van der Waals surface area contributed by atoms with Gasteiger partial charge >= 0.3 is 0 Å². The molecule has 0 atom stereocenters. The van der Waals surface area contributed by atoms with Crippen LogP contribution in [0.1, 0.15) is 52.9 Å². The second-order valence-corrected chi connectivity index (χ2v) is 3.18. The molecule has 0 bridgehead atoms. The predicted octanol–water partition coefficient (Wildman–Crippen LogP) is 4.28. The van der Waals surface area contributed by atoms with Gasteiger partial charge in [0.2, 0.25) is 0 Å². The first kappa shape index (κ1) is 11.5. The van der Waals surface area contributed by atoms with E-state index in [2.05, 4.69) is 32.1 Å². The van der Waals surface area contributed by atoms with Gasteiger partial charge in [0.25, 0.3) is 0 Å². The molecule has 0 aliphatic rings. The van der Waals surface area contributed by atoms with Crippen LogP contribution in [0.5, 0.6) is 0 Å². The van der Waals surface area contributed by atoms with Crippen molar-refractivity contribution in [2.75, 3.05) is 0 Å². The van der Waals surface area contributed by atoms with Crippen LogP contribution in [0.4, 0.5) is 0 Å². The molecular formula is C12H21. The second kappa shape index (κ2) is 8.58. The van der Waals surface area contributed by atoms with Gasteiger partial charge in [-0.05, 0) is 38.3 Å². The molecule has 0 spiro atoms. The second-order valence-electron chi connectivity index (χ2n) is 3.18. The highest BCUT2D eigenvalue weighted by Gasteiger charge is 1.84. The van der Waals surface area contributed by atoms with Crippen LogP contribution in [0.25, 0.3) is 0 Å². The fraction of sp³-hybridized carbons (Fsp3) is 0.667. The van der Waals surface area contributed by atoms with E-state index in [0.29, 0.717) is 0 Å². The first-order chi connectivity index (χ1) is 5.81. The lowest BCUT2D eigenvalue weighted by Crippen LogP contribution is -1.74. The van der Waals surface area contributed by atoms with Crippen molar-refractivity contribution in [3.8, 4) is 0 Å². The van der Waals surface area contributed by atoms with E-state index in [1.807, 2.05) is 6.92 Å². The molecule has 0 heteroatoms. The third-order valence-corrected chi connectivity index (χ3v) is 1.99. The molecule has 0 aliphatic heterocycles. The summed E-state index contributed by atoms with van der Waals surface area (Å²) in [5, 5.41) is 0. The first-order valence-corrected chi connectivity index (χ1v) is 4.99. The van der Waals surface area contributed by atoms with Crippen LogP contribution in [-0.2, 0) is 0 Å². The van der Waals surface area contributed by atoms with Gasteiger partial charge in [-0.25, -0.2) is 0 Å². The van der Waals surface area contributed by atoms with Gasteiger partial charge in [-0.2, -0.15) is 0 Å². The third kappa shape index (κ3) is 7.59. The van der Waals surface area contributed by atoms with Gasteiger partial charge in [0, 0.05) is 0 Å². The molecule has 0 aromatic carbocycles. The van der Waals surface area contributed by atoms with E-state index in [0.717, 1.165) is 0 Å². The minimum Gasteiger partial charge on any atom is -0.0843 e. The summed E-state index contributed by atoms with van der Waals surface area (Å²) in [6.07, 6.45) is 14.1. The lowest BCUT2D eigenvalue weighted by molar-refractivity contribution is 0.674. The SMILES string of the molecule is C/[C]=C(C)\C=C\CCCCCC. The molecule has 0 saturated carbocycles. The van der Waals surface area contributed by atoms with Gasteiger partial charge in [-0.15, -0.1) is 0 Å². The Morgan fingerprint density at radius 2 is 2.00 bits per heavy atom. The molecule has 0 rings (SSSR count). The van der Waals surface area contributed by atoms with Gasteiger partial charge < -0.3 is 0 Å². The minimum atomic E-state index is 1.22. The van der Waals surface area contributed by atoms with E-state index in [-0.39, 0.29) is 0 Å². The van der Waals surface area contributed by atoms with Gasteiger partial charge in [0.1, 0.15) is 0 Å². The van der Waals surface area contributed by atoms with Crippen LogP contribution in [0.3, 0.4) is 0 Å². The summed E-state index contributed by atoms with van der Waals surface area (Å²) in [7, 11) is 0. The Hall–Kier alpha value is -0.520. The van der Waals surface area contributed by atoms with Gasteiger partial charge in [0.15, 0.2) is 0 Å². The van der Waals surface area contributed by atoms with Crippen molar-refractivity contribution in [3.05, 3.63) is 23.8 Å². The molecule has 0 saturated heterocycles. The average molecular weight is 165 g/mol. The monoisotopic (exact) mass is 165 g/mol. The van der Waals surface area contributed by atoms with Crippen LogP contribution in [0.15, 0.2) is 17.7 Å². The molecule has 12 heavy (non-hydrogen) atoms. The van der Waals surface area contributed by atoms with E-state index < -0.39 is 0 Å². The molecule has 0 N–H and O–H groups in total. The smallest absolute Gasteiger partial charge is 0.0348 e. The Morgan fingerprint density at radius 3 is 2.58 bits per heavy atom. The van der Waals surface area contributed by atoms with Crippen molar-refractivity contribution in [2.45, 2.75) is 52.9 Å². The lowest BCUT2D eigenvalue weighted by Gasteiger charge is -1.94. The maximum Gasteiger partial charge on any atom is -0.0348 e. The topological polar surface area (TPSA) is 0 Å². The standard InChI is InChI=1S/C12H21/c1-4-6-7-8-9-10-11-12(3)5-2/h10-11H,4,6-9H2,1-3H3/b11-10+,12-5?. The zero-order valence-corrected chi connectivity index (χ0v) is 8.69. The zero-order valence-electron chi connectivity index (χ0n) is 8.69. The van der Waals surface area contributed by atoms with Crippen LogP contribution < -0.4 is 0 Å². The summed E-state index contributed by atoms with van der Waals surface area (Å²) < 4.78 is 0. The predicted molar refractivity (Wildman–Crippen MR) is 56.0 cm³/mol. The molecule has 0 aliphatic carbocycles. The molecule has 0 fully saturated rings. The quantitative estimate of drug-likeness (QED) is 0.407. The number of allylic oxidation sites excluding steroid dienone is 4. The van der Waals surface area contributed by atoms with E-state index in [9.17, 15) is 0 Å². The summed E-state index contributed by atoms with van der Waals surface area (Å²) in [4.78, 5) is 0. The van der Waals surface area contributed by atoms with Crippen molar-refractivity contribution >= 4 is 0 Å². The Labute approximate surface area is 77.4 Å². The van der Waals surface area contributed by atoms with E-state index >= 15 is 0 Å². The van der Waals surface area contributed by atoms with Gasteiger partial charge in [-0.1, -0.05) is 38.3 Å². The molecule has 0 aromatic heterocycles. The summed E-state index contributed by atoms with van der Waals surface area (Å²) in [6, 6.07) is 0. The van der Waals surface area contributed by atoms with Crippen molar-refractivity contribution in [1.82, 2.24) is 0 Å². The number of rotatable bonds is 6. The maximum absolute atomic E-state index is 3.10. The Kier molecular flexibility index (Phi) is 8.20. The van der Waals surface area contributed by atoms with Crippen LogP contribution in [0, 0.1) is 6.08 Å². The maximum atomic E-state index is 3.10. The Balaban J connectivity index is 3.25. The molecule has 1 radical (unpaired) electrons. The van der Waals surface area contributed by atoms with Crippen molar-refractivity contribution in [2.24, 2.45) is 0 Å². The van der Waals surface area contributed by atoms with Crippen molar-refractivity contribution in [1.29, 1.82) is 0 Å². The Morgan fingerprint density at radius 1 is 1.25 bits per heavy atom. The highest BCUT2D eigenvalue weighted by molar-refractivity contribution is 5.11. The molecule has 69 valence electrons. The fourth-order valence-electron chi connectivity index (χ4n) is 1.03. The zero-order chi connectivity index (χ0) is 9.23. The van der Waals surface area contributed by atoms with Gasteiger partial charge in [0.05, 0.1) is 0 Å². The fourth-order valence-corrected chi connectivity index (χ4v) is 1.03. The minimum absolute atomic E-state index is 1.22. The summed E-state index contributed by atoms with van der Waals surface area (Å²) in [5.74, 6) is 0. The number of unbranched alkanes of at least 4 members (excludes halogenated alkanes) is 4. The third-order valence-electron chi connectivity index (χ3n) is 1.99. The molecule has 0 unspecified atom stereocenters. The van der Waals surface area contributed by atoms with E-state index in [1.165, 1.54) is 37.7 Å². The molecular weight excluding hydrogens is 144 g/mol. The molecule has 0 nitrogen and oxygen atoms in total. The number of hydrogen-bond donors (Lipinski definition) is 0. The van der Waals surface area contributed by atoms with Crippen LogP contribution in [-0.4, -0.2) is 0 Å². The largest absolute Gasteiger partial charge is 0.0843 e. The van der Waals surface area contributed by atoms with Gasteiger partial charge in [-0.3, -0.25) is 0 Å².